The van der Waals surface area contributed by atoms with Gasteiger partial charge in [-0.2, -0.15) is 0 Å². The summed E-state index contributed by atoms with van der Waals surface area (Å²) in [6.07, 6.45) is 3.14. The fourth-order valence-electron chi connectivity index (χ4n) is 2.16. The van der Waals surface area contributed by atoms with Crippen molar-refractivity contribution in [3.8, 4) is 0 Å². The first-order valence-corrected chi connectivity index (χ1v) is 7.94. The number of ether oxygens (including phenoxy) is 1. The number of para-hydroxylation sites is 1. The maximum atomic E-state index is 12.0. The van der Waals surface area contributed by atoms with Crippen molar-refractivity contribution in [1.82, 2.24) is 9.13 Å². The number of aryl methyl sites for hydroxylation is 2. The van der Waals surface area contributed by atoms with Gasteiger partial charge in [-0.15, -0.1) is 6.20 Å². The maximum absolute atomic E-state index is 12.0. The zero-order valence-corrected chi connectivity index (χ0v) is 17.8. The SMILES string of the molecule is CC.CON=C(C(=O)OC)c1ccccc1N=c1n(C)[c-]c(C)n1C.[Yb]. The number of esters is 1. The summed E-state index contributed by atoms with van der Waals surface area (Å²) in [7, 11) is 6.43. The fourth-order valence-corrected chi connectivity index (χ4v) is 2.16. The smallest absolute Gasteiger partial charge is 0.360 e. The number of methoxy groups -OCH3 is 1. The zero-order chi connectivity index (χ0) is 19.0. The second kappa shape index (κ2) is 12.1. The molecule has 0 N–H and O–H groups in total. The summed E-state index contributed by atoms with van der Waals surface area (Å²) in [5.41, 5.74) is 2.81. The van der Waals surface area contributed by atoms with Crippen LogP contribution in [-0.4, -0.2) is 35.0 Å². The Kier molecular flexibility index (Phi) is 11.5. The molecule has 2 rings (SSSR count). The molecule has 0 aliphatic heterocycles. The third-order valence-corrected chi connectivity index (χ3v) is 3.37. The molecular weight excluding hydrogens is 493 g/mol. The van der Waals surface area contributed by atoms with E-state index in [4.69, 9.17) is 9.57 Å². The van der Waals surface area contributed by atoms with Gasteiger partial charge in [0.2, 0.25) is 0 Å². The van der Waals surface area contributed by atoms with Crippen molar-refractivity contribution in [3.63, 3.8) is 0 Å². The summed E-state index contributed by atoms with van der Waals surface area (Å²) in [6, 6.07) is 7.17. The molecule has 0 saturated heterocycles. The monoisotopic (exact) mass is 519 g/mol. The van der Waals surface area contributed by atoms with Gasteiger partial charge in [0.1, 0.15) is 7.11 Å². The molecule has 0 aliphatic carbocycles. The van der Waals surface area contributed by atoms with Gasteiger partial charge in [-0.3, -0.25) is 0 Å². The van der Waals surface area contributed by atoms with Crippen molar-refractivity contribution < 1.29 is 61.3 Å². The number of nitrogens with zero attached hydrogens (tertiary/aromatic N) is 4. The van der Waals surface area contributed by atoms with Gasteiger partial charge in [0.05, 0.1) is 18.4 Å². The number of carbonyl (C=O) groups excluding carboxylic acids is 1. The van der Waals surface area contributed by atoms with Gasteiger partial charge < -0.3 is 23.7 Å². The van der Waals surface area contributed by atoms with E-state index in [1.165, 1.54) is 14.2 Å². The molecule has 0 spiro atoms. The molecule has 0 amide bonds. The molecule has 0 radical (unpaired) electrons. The Morgan fingerprint density at radius 2 is 1.77 bits per heavy atom. The van der Waals surface area contributed by atoms with Gasteiger partial charge >= 0.3 is 5.97 Å². The normalized spacial score (nSPS) is 11.2. The number of imidazole rings is 1. The molecular formula is C18H25N4O3Yb-. The summed E-state index contributed by atoms with van der Waals surface area (Å²) in [6.45, 7) is 5.94. The van der Waals surface area contributed by atoms with Crippen LogP contribution in [0.4, 0.5) is 5.69 Å². The third-order valence-electron chi connectivity index (χ3n) is 3.37. The van der Waals surface area contributed by atoms with Crippen molar-refractivity contribution in [1.29, 1.82) is 0 Å². The average molecular weight is 518 g/mol. The Hall–Kier alpha value is -1.31. The van der Waals surface area contributed by atoms with Gasteiger partial charge in [-0.25, -0.2) is 4.79 Å². The molecule has 0 unspecified atom stereocenters. The summed E-state index contributed by atoms with van der Waals surface area (Å²) in [5.74, 6) is -0.589. The number of hydrogen-bond donors (Lipinski definition) is 0. The van der Waals surface area contributed by atoms with Crippen molar-refractivity contribution >= 4 is 17.4 Å². The van der Waals surface area contributed by atoms with Crippen molar-refractivity contribution in [2.75, 3.05) is 14.2 Å². The van der Waals surface area contributed by atoms with Crippen LogP contribution in [0, 0.1) is 60.0 Å². The van der Waals surface area contributed by atoms with Crippen LogP contribution >= 0.6 is 0 Å². The molecule has 1 aromatic heterocycles. The number of benzene rings is 1. The molecule has 0 atom stereocenters. The molecule has 7 nitrogen and oxygen atoms in total. The van der Waals surface area contributed by atoms with E-state index in [0.29, 0.717) is 16.9 Å². The number of oxime groups is 1. The summed E-state index contributed by atoms with van der Waals surface area (Å²) >= 11 is 0. The minimum atomic E-state index is -0.589. The Balaban J connectivity index is 0.00000201. The fraction of sp³-hybridized carbons (Fsp3) is 0.389. The van der Waals surface area contributed by atoms with E-state index in [1.54, 1.807) is 22.8 Å². The van der Waals surface area contributed by atoms with Crippen LogP contribution in [0.1, 0.15) is 25.1 Å². The van der Waals surface area contributed by atoms with Crippen molar-refractivity contribution in [2.45, 2.75) is 20.8 Å². The second-order valence-electron chi connectivity index (χ2n) is 4.86. The molecule has 0 fully saturated rings. The van der Waals surface area contributed by atoms with Gasteiger partial charge in [-0.1, -0.05) is 42.9 Å². The van der Waals surface area contributed by atoms with Gasteiger partial charge in [0, 0.05) is 52.5 Å². The first-order valence-electron chi connectivity index (χ1n) is 7.94. The van der Waals surface area contributed by atoms with E-state index in [9.17, 15) is 4.79 Å². The number of carbonyl (C=O) groups is 1. The average Bonchev–Trinajstić information content (AvgIpc) is 2.87. The van der Waals surface area contributed by atoms with Crippen molar-refractivity contribution in [3.05, 3.63) is 47.3 Å². The minimum Gasteiger partial charge on any atom is -0.483 e. The maximum Gasteiger partial charge on any atom is 0.360 e. The summed E-state index contributed by atoms with van der Waals surface area (Å²) < 4.78 is 8.46. The molecule has 150 valence electrons. The Labute approximate surface area is 193 Å². The predicted molar refractivity (Wildman–Crippen MR) is 96.5 cm³/mol. The largest absolute Gasteiger partial charge is 0.483 e. The van der Waals surface area contributed by atoms with Crippen LogP contribution in [0.2, 0.25) is 0 Å². The van der Waals surface area contributed by atoms with E-state index in [1.807, 2.05) is 45.5 Å². The molecule has 2 aromatic rings. The van der Waals surface area contributed by atoms with E-state index in [2.05, 4.69) is 16.3 Å². The van der Waals surface area contributed by atoms with E-state index < -0.39 is 5.97 Å². The first kappa shape index (κ1) is 24.7. The van der Waals surface area contributed by atoms with Crippen LogP contribution in [-0.2, 0) is 28.5 Å². The Morgan fingerprint density at radius 1 is 1.15 bits per heavy atom. The molecule has 0 saturated carbocycles. The predicted octanol–water partition coefficient (Wildman–Crippen LogP) is 2.25. The summed E-state index contributed by atoms with van der Waals surface area (Å²) in [5, 5.41) is 3.78. The second-order valence-corrected chi connectivity index (χ2v) is 4.86. The first-order chi connectivity index (χ1) is 12.0. The van der Waals surface area contributed by atoms with Crippen LogP contribution in [0.5, 0.6) is 0 Å². The van der Waals surface area contributed by atoms with Gasteiger partial charge in [0.15, 0.2) is 5.71 Å². The summed E-state index contributed by atoms with van der Waals surface area (Å²) in [4.78, 5) is 21.4. The van der Waals surface area contributed by atoms with Crippen LogP contribution in [0.25, 0.3) is 0 Å². The zero-order valence-electron chi connectivity index (χ0n) is 16.1. The van der Waals surface area contributed by atoms with Gasteiger partial charge in [0.25, 0.3) is 0 Å². The van der Waals surface area contributed by atoms with E-state index in [0.717, 1.165) is 5.69 Å². The van der Waals surface area contributed by atoms with Crippen LogP contribution < -0.4 is 5.62 Å². The molecule has 26 heavy (non-hydrogen) atoms. The number of rotatable bonds is 4. The Bertz CT molecular complexity index is 822. The number of hydrogen-bond acceptors (Lipinski definition) is 5. The minimum absolute atomic E-state index is 0. The number of aromatic nitrogens is 2. The molecule has 0 aliphatic rings. The van der Waals surface area contributed by atoms with Crippen LogP contribution in [0.15, 0.2) is 34.4 Å². The standard InChI is InChI=1S/C16H19N4O3.C2H6.Yb/c1-11-10-19(2)16(20(11)3)17-13-9-7-6-8-12(13)14(18-23-5)15(21)22-4;1-2;/h6-9H,1-5H3;1-2H3;/q-1;;. The molecule has 1 heterocycles. The van der Waals surface area contributed by atoms with Crippen molar-refractivity contribution in [2.24, 2.45) is 24.2 Å². The molecule has 0 bridgehead atoms. The molecule has 8 heteroatoms. The van der Waals surface area contributed by atoms with E-state index in [-0.39, 0.29) is 52.6 Å². The van der Waals surface area contributed by atoms with E-state index >= 15 is 0 Å². The van der Waals surface area contributed by atoms with Crippen LogP contribution in [0.3, 0.4) is 0 Å². The topological polar surface area (TPSA) is 70.1 Å². The van der Waals surface area contributed by atoms with Gasteiger partial charge in [-0.05, 0) is 27.1 Å². The Morgan fingerprint density at radius 3 is 2.27 bits per heavy atom. The third kappa shape index (κ3) is 5.86. The molecule has 1 aromatic carbocycles. The quantitative estimate of drug-likeness (QED) is 0.270.